The van der Waals surface area contributed by atoms with E-state index in [2.05, 4.69) is 64.5 Å². The maximum Gasteiger partial charge on any atom is 0.0483 e. The van der Waals surface area contributed by atoms with Crippen LogP contribution in [0.1, 0.15) is 16.8 Å². The summed E-state index contributed by atoms with van der Waals surface area (Å²) >= 11 is 0. The van der Waals surface area contributed by atoms with Crippen LogP contribution in [-0.2, 0) is 19.4 Å². The summed E-state index contributed by atoms with van der Waals surface area (Å²) in [6, 6.07) is 20.0. The minimum absolute atomic E-state index is 1.01. The van der Waals surface area contributed by atoms with Crippen molar-refractivity contribution in [1.82, 2.24) is 9.88 Å². The van der Waals surface area contributed by atoms with Crippen LogP contribution in [0.5, 0.6) is 0 Å². The van der Waals surface area contributed by atoms with Crippen molar-refractivity contribution >= 4 is 10.9 Å². The summed E-state index contributed by atoms with van der Waals surface area (Å²) < 4.78 is 2.47. The topological polar surface area (TPSA) is 17.0 Å². The van der Waals surface area contributed by atoms with Crippen LogP contribution in [0.3, 0.4) is 0 Å². The molecule has 1 aliphatic heterocycles. The van der Waals surface area contributed by atoms with Gasteiger partial charge in [-0.15, -0.1) is 0 Å². The largest absolute Gasteiger partial charge is 0.343 e. The first kappa shape index (κ1) is 12.7. The van der Waals surface area contributed by atoms with Crippen molar-refractivity contribution in [1.29, 1.82) is 0 Å². The van der Waals surface area contributed by atoms with Crippen LogP contribution < -0.4 is 5.32 Å². The molecular weight excluding hydrogens is 256 g/mol. The predicted octanol–water partition coefficient (Wildman–Crippen LogP) is 3.38. The van der Waals surface area contributed by atoms with Gasteiger partial charge in [-0.05, 0) is 35.7 Å². The van der Waals surface area contributed by atoms with E-state index in [4.69, 9.17) is 0 Å². The highest BCUT2D eigenvalue weighted by atomic mass is 15.0. The smallest absolute Gasteiger partial charge is 0.0483 e. The molecule has 1 aliphatic rings. The molecule has 2 aromatic carbocycles. The molecule has 106 valence electrons. The van der Waals surface area contributed by atoms with Crippen LogP contribution in [0.25, 0.3) is 10.9 Å². The van der Waals surface area contributed by atoms with Gasteiger partial charge in [0.2, 0.25) is 0 Å². The van der Waals surface area contributed by atoms with Gasteiger partial charge in [-0.1, -0.05) is 36.4 Å². The second-order valence-electron chi connectivity index (χ2n) is 5.84. The van der Waals surface area contributed by atoms with Gasteiger partial charge in [-0.3, -0.25) is 0 Å². The Morgan fingerprint density at radius 1 is 0.905 bits per heavy atom. The summed E-state index contributed by atoms with van der Waals surface area (Å²) in [6.07, 6.45) is 2.14. The molecule has 1 aromatic heterocycles. The average molecular weight is 276 g/mol. The number of nitrogens with one attached hydrogen (secondary N) is 1. The third-order valence-corrected chi connectivity index (χ3v) is 4.37. The highest BCUT2D eigenvalue weighted by Crippen LogP contribution is 2.23. The molecule has 0 saturated carbocycles. The second-order valence-corrected chi connectivity index (χ2v) is 5.84. The maximum absolute atomic E-state index is 3.47. The number of nitrogens with zero attached hydrogens (tertiary/aromatic N) is 1. The van der Waals surface area contributed by atoms with Gasteiger partial charge in [0.05, 0.1) is 0 Å². The number of hydrogen-bond donors (Lipinski definition) is 1. The Hall–Kier alpha value is -2.06. The van der Waals surface area contributed by atoms with E-state index < -0.39 is 0 Å². The zero-order valence-electron chi connectivity index (χ0n) is 12.2. The summed E-state index contributed by atoms with van der Waals surface area (Å²) in [5.41, 5.74) is 5.62. The van der Waals surface area contributed by atoms with Gasteiger partial charge in [0.1, 0.15) is 0 Å². The lowest BCUT2D eigenvalue weighted by atomic mass is 10.0. The minimum Gasteiger partial charge on any atom is -0.343 e. The molecule has 0 aliphatic carbocycles. The van der Waals surface area contributed by atoms with E-state index in [1.165, 1.54) is 27.7 Å². The van der Waals surface area contributed by atoms with E-state index in [0.717, 1.165) is 32.5 Å². The molecule has 4 rings (SSSR count). The fourth-order valence-corrected chi connectivity index (χ4v) is 3.32. The van der Waals surface area contributed by atoms with E-state index in [0.29, 0.717) is 0 Å². The molecule has 0 bridgehead atoms. The normalized spacial score (nSPS) is 14.9. The van der Waals surface area contributed by atoms with Crippen LogP contribution >= 0.6 is 0 Å². The predicted molar refractivity (Wildman–Crippen MR) is 87.8 cm³/mol. The molecule has 0 saturated heterocycles. The third-order valence-electron chi connectivity index (χ3n) is 4.37. The van der Waals surface area contributed by atoms with Gasteiger partial charge in [0.15, 0.2) is 0 Å². The summed E-state index contributed by atoms with van der Waals surface area (Å²) in [7, 11) is 0. The Kier molecular flexibility index (Phi) is 3.24. The van der Waals surface area contributed by atoms with Crippen LogP contribution in [0.4, 0.5) is 0 Å². The molecule has 0 radical (unpaired) electrons. The van der Waals surface area contributed by atoms with Gasteiger partial charge >= 0.3 is 0 Å². The number of aromatic nitrogens is 1. The first-order valence-corrected chi connectivity index (χ1v) is 7.76. The Morgan fingerprint density at radius 3 is 2.71 bits per heavy atom. The number of fused-ring (bicyclic) bond motifs is 3. The van der Waals surface area contributed by atoms with Crippen molar-refractivity contribution < 1.29 is 0 Å². The Labute approximate surface area is 125 Å². The average Bonchev–Trinajstić information content (AvgIpc) is 2.69. The highest BCUT2D eigenvalue weighted by molar-refractivity contribution is 5.82. The summed E-state index contributed by atoms with van der Waals surface area (Å²) in [5.74, 6) is 0. The molecule has 0 atom stereocenters. The van der Waals surface area contributed by atoms with Crippen molar-refractivity contribution in [3.8, 4) is 0 Å². The van der Waals surface area contributed by atoms with E-state index >= 15 is 0 Å². The highest BCUT2D eigenvalue weighted by Gasteiger charge is 2.11. The van der Waals surface area contributed by atoms with Crippen LogP contribution in [0, 0.1) is 0 Å². The lowest BCUT2D eigenvalue weighted by Crippen LogP contribution is -2.17. The van der Waals surface area contributed by atoms with Gasteiger partial charge in [0.25, 0.3) is 0 Å². The zero-order valence-corrected chi connectivity index (χ0v) is 12.2. The SMILES string of the molecule is c1ccc(Cc2ccc3c(c2)cc2n3CCNCC2)cc1. The van der Waals surface area contributed by atoms with Gasteiger partial charge in [-0.2, -0.15) is 0 Å². The fraction of sp³-hybridized carbons (Fsp3) is 0.263. The van der Waals surface area contributed by atoms with Crippen molar-refractivity contribution in [2.75, 3.05) is 13.1 Å². The minimum atomic E-state index is 1.01. The zero-order chi connectivity index (χ0) is 14.1. The molecule has 21 heavy (non-hydrogen) atoms. The van der Waals surface area contributed by atoms with Gasteiger partial charge in [0, 0.05) is 42.7 Å². The number of rotatable bonds is 2. The molecular formula is C19H20N2. The van der Waals surface area contributed by atoms with Gasteiger partial charge < -0.3 is 9.88 Å². The van der Waals surface area contributed by atoms with Crippen molar-refractivity contribution in [2.45, 2.75) is 19.4 Å². The van der Waals surface area contributed by atoms with Crippen LogP contribution in [-0.4, -0.2) is 17.7 Å². The van der Waals surface area contributed by atoms with E-state index in [-0.39, 0.29) is 0 Å². The molecule has 2 heteroatoms. The Bertz CT molecular complexity index is 756. The molecule has 0 spiro atoms. The molecule has 0 unspecified atom stereocenters. The molecule has 0 amide bonds. The van der Waals surface area contributed by atoms with Crippen molar-refractivity contribution in [2.24, 2.45) is 0 Å². The molecule has 0 fully saturated rings. The van der Waals surface area contributed by atoms with E-state index in [1.807, 2.05) is 0 Å². The summed E-state index contributed by atoms with van der Waals surface area (Å²) in [5, 5.41) is 4.86. The van der Waals surface area contributed by atoms with Crippen molar-refractivity contribution in [3.63, 3.8) is 0 Å². The monoisotopic (exact) mass is 276 g/mol. The summed E-state index contributed by atoms with van der Waals surface area (Å²) in [6.45, 7) is 3.24. The first-order valence-electron chi connectivity index (χ1n) is 7.76. The van der Waals surface area contributed by atoms with Crippen LogP contribution in [0.15, 0.2) is 54.6 Å². The molecule has 2 nitrogen and oxygen atoms in total. The standard InChI is InChI=1S/C19H20N2/c1-2-4-15(5-3-1)12-16-6-7-19-17(13-16)14-18-8-9-20-10-11-21(18)19/h1-7,13-14,20H,8-12H2. The van der Waals surface area contributed by atoms with Crippen LogP contribution in [0.2, 0.25) is 0 Å². The number of benzene rings is 2. The fourth-order valence-electron chi connectivity index (χ4n) is 3.32. The van der Waals surface area contributed by atoms with E-state index in [1.54, 1.807) is 0 Å². The maximum atomic E-state index is 3.47. The Balaban J connectivity index is 1.70. The van der Waals surface area contributed by atoms with Gasteiger partial charge in [-0.25, -0.2) is 0 Å². The third kappa shape index (κ3) is 2.47. The Morgan fingerprint density at radius 2 is 1.81 bits per heavy atom. The summed E-state index contributed by atoms with van der Waals surface area (Å²) in [4.78, 5) is 0. The second kappa shape index (κ2) is 5.38. The van der Waals surface area contributed by atoms with E-state index in [9.17, 15) is 0 Å². The molecule has 1 N–H and O–H groups in total. The van der Waals surface area contributed by atoms with Crippen molar-refractivity contribution in [3.05, 3.63) is 71.4 Å². The molecule has 3 aromatic rings. The lowest BCUT2D eigenvalue weighted by molar-refractivity contribution is 0.658. The lowest BCUT2D eigenvalue weighted by Gasteiger charge is -2.07. The first-order chi connectivity index (χ1) is 10.4. The molecule has 2 heterocycles. The quantitative estimate of drug-likeness (QED) is 0.759. The number of hydrogen-bond acceptors (Lipinski definition) is 1.